The van der Waals surface area contributed by atoms with Crippen molar-refractivity contribution in [3.63, 3.8) is 0 Å². The Bertz CT molecular complexity index is 408. The van der Waals surface area contributed by atoms with Crippen molar-refractivity contribution in [2.24, 2.45) is 0 Å². The van der Waals surface area contributed by atoms with Gasteiger partial charge in [0.25, 0.3) is 0 Å². The van der Waals surface area contributed by atoms with Gasteiger partial charge in [0.15, 0.2) is 0 Å². The van der Waals surface area contributed by atoms with E-state index in [0.29, 0.717) is 5.88 Å². The zero-order valence-corrected chi connectivity index (χ0v) is 12.3. The highest BCUT2D eigenvalue weighted by molar-refractivity contribution is 5.66. The Labute approximate surface area is 120 Å². The molecule has 0 amide bonds. The van der Waals surface area contributed by atoms with Crippen molar-refractivity contribution in [3.8, 4) is 5.88 Å². The molecule has 0 unspecified atom stereocenters. The minimum atomic E-state index is -0.719. The van der Waals surface area contributed by atoms with E-state index in [0.717, 1.165) is 37.9 Å². The summed E-state index contributed by atoms with van der Waals surface area (Å²) in [5.74, 6) is -0.0373. The summed E-state index contributed by atoms with van der Waals surface area (Å²) in [7, 11) is 0. The third kappa shape index (κ3) is 7.09. The molecule has 0 aliphatic rings. The van der Waals surface area contributed by atoms with E-state index in [2.05, 4.69) is 10.3 Å². The molecule has 2 N–H and O–H groups in total. The lowest BCUT2D eigenvalue weighted by Crippen LogP contribution is -2.17. The highest BCUT2D eigenvalue weighted by atomic mass is 16.5. The van der Waals surface area contributed by atoms with Crippen LogP contribution in [0.4, 0.5) is 0 Å². The van der Waals surface area contributed by atoms with E-state index >= 15 is 0 Å². The summed E-state index contributed by atoms with van der Waals surface area (Å²) in [5, 5.41) is 11.9. The summed E-state index contributed by atoms with van der Waals surface area (Å²) < 4.78 is 5.65. The molecule has 5 nitrogen and oxygen atoms in total. The number of carboxylic acid groups (broad SMARTS) is 1. The molecule has 0 aromatic carbocycles. The molecule has 1 heterocycles. The number of aromatic nitrogens is 1. The van der Waals surface area contributed by atoms with Gasteiger partial charge >= 0.3 is 5.97 Å². The summed E-state index contributed by atoms with van der Waals surface area (Å²) in [6.07, 6.45) is 4.75. The van der Waals surface area contributed by atoms with Gasteiger partial charge in [-0.2, -0.15) is 0 Å². The first-order valence-electron chi connectivity index (χ1n) is 7.12. The number of carboxylic acids is 1. The average Bonchev–Trinajstić information content (AvgIpc) is 2.38. The van der Waals surface area contributed by atoms with Gasteiger partial charge in [-0.1, -0.05) is 12.5 Å². The van der Waals surface area contributed by atoms with Crippen LogP contribution in [0.3, 0.4) is 0 Å². The van der Waals surface area contributed by atoms with E-state index in [1.807, 2.05) is 26.0 Å². The Hall–Kier alpha value is -1.62. The molecular weight excluding hydrogens is 256 g/mol. The first-order valence-corrected chi connectivity index (χ1v) is 7.12. The van der Waals surface area contributed by atoms with Gasteiger partial charge in [-0.05, 0) is 39.3 Å². The lowest BCUT2D eigenvalue weighted by atomic mass is 10.2. The number of carbonyl (C=O) groups is 1. The quantitative estimate of drug-likeness (QED) is 0.645. The van der Waals surface area contributed by atoms with E-state index in [1.165, 1.54) is 0 Å². The van der Waals surface area contributed by atoms with Crippen LogP contribution in [0.5, 0.6) is 5.88 Å². The number of nitrogens with zero attached hydrogens (tertiary/aromatic N) is 1. The fourth-order valence-corrected chi connectivity index (χ4v) is 1.81. The number of ether oxygens (including phenoxy) is 1. The van der Waals surface area contributed by atoms with Gasteiger partial charge in [-0.3, -0.25) is 4.79 Å². The minimum absolute atomic E-state index is 0.111. The number of unbranched alkanes of at least 4 members (excludes halogenated alkanes) is 2. The second-order valence-electron chi connectivity index (χ2n) is 5.02. The lowest BCUT2D eigenvalue weighted by Gasteiger charge is -2.13. The highest BCUT2D eigenvalue weighted by Gasteiger charge is 2.05. The maximum atomic E-state index is 10.4. The van der Waals surface area contributed by atoms with E-state index in [9.17, 15) is 4.79 Å². The van der Waals surface area contributed by atoms with Gasteiger partial charge in [0.05, 0.1) is 6.10 Å². The molecule has 0 spiro atoms. The van der Waals surface area contributed by atoms with Crippen molar-refractivity contribution in [1.29, 1.82) is 0 Å². The number of hydrogen-bond donors (Lipinski definition) is 2. The van der Waals surface area contributed by atoms with E-state index < -0.39 is 5.97 Å². The van der Waals surface area contributed by atoms with Gasteiger partial charge in [0.2, 0.25) is 5.88 Å². The fraction of sp³-hybridized carbons (Fsp3) is 0.600. The monoisotopic (exact) mass is 280 g/mol. The topological polar surface area (TPSA) is 71.5 Å². The first kappa shape index (κ1) is 16.4. The second kappa shape index (κ2) is 9.31. The normalized spacial score (nSPS) is 10.8. The number of nitrogens with one attached hydrogen (secondary N) is 1. The fourth-order valence-electron chi connectivity index (χ4n) is 1.81. The van der Waals surface area contributed by atoms with E-state index in [1.54, 1.807) is 6.20 Å². The molecule has 0 aliphatic heterocycles. The van der Waals surface area contributed by atoms with Crippen LogP contribution in [0.2, 0.25) is 0 Å². The molecule has 0 fully saturated rings. The molecule has 1 aromatic rings. The summed E-state index contributed by atoms with van der Waals surface area (Å²) in [5.41, 5.74) is 1.05. The Kier molecular flexibility index (Phi) is 7.65. The summed E-state index contributed by atoms with van der Waals surface area (Å²) in [6.45, 7) is 5.55. The second-order valence-corrected chi connectivity index (χ2v) is 5.02. The molecule has 0 saturated heterocycles. The van der Waals surface area contributed by atoms with Crippen molar-refractivity contribution in [1.82, 2.24) is 10.3 Å². The van der Waals surface area contributed by atoms with Gasteiger partial charge < -0.3 is 15.2 Å². The molecule has 20 heavy (non-hydrogen) atoms. The van der Waals surface area contributed by atoms with Gasteiger partial charge in [0, 0.05) is 24.7 Å². The predicted octanol–water partition coefficient (Wildman–Crippen LogP) is 2.60. The van der Waals surface area contributed by atoms with Crippen LogP contribution in [0.25, 0.3) is 0 Å². The molecule has 1 rings (SSSR count). The zero-order valence-electron chi connectivity index (χ0n) is 12.3. The first-order chi connectivity index (χ1) is 9.59. The summed E-state index contributed by atoms with van der Waals surface area (Å²) >= 11 is 0. The molecule has 0 bridgehead atoms. The van der Waals surface area contributed by atoms with E-state index in [-0.39, 0.29) is 12.5 Å². The Morgan fingerprint density at radius 3 is 2.90 bits per heavy atom. The summed E-state index contributed by atoms with van der Waals surface area (Å²) in [4.78, 5) is 14.6. The molecule has 0 radical (unpaired) electrons. The number of hydrogen-bond acceptors (Lipinski definition) is 4. The van der Waals surface area contributed by atoms with Crippen molar-refractivity contribution >= 4 is 5.97 Å². The van der Waals surface area contributed by atoms with Crippen LogP contribution in [-0.4, -0.2) is 28.7 Å². The minimum Gasteiger partial charge on any atom is -0.481 e. The number of aliphatic carboxylic acids is 1. The van der Waals surface area contributed by atoms with Gasteiger partial charge in [-0.25, -0.2) is 4.98 Å². The molecule has 5 heteroatoms. The Morgan fingerprint density at radius 2 is 2.20 bits per heavy atom. The maximum Gasteiger partial charge on any atom is 0.303 e. The van der Waals surface area contributed by atoms with Crippen molar-refractivity contribution in [3.05, 3.63) is 23.9 Å². The van der Waals surface area contributed by atoms with E-state index in [4.69, 9.17) is 9.84 Å². The third-order valence-corrected chi connectivity index (χ3v) is 2.76. The third-order valence-electron chi connectivity index (χ3n) is 2.76. The molecule has 0 aliphatic carbocycles. The Morgan fingerprint density at radius 1 is 1.40 bits per heavy atom. The summed E-state index contributed by atoms with van der Waals surface area (Å²) in [6, 6.07) is 3.90. The largest absolute Gasteiger partial charge is 0.481 e. The van der Waals surface area contributed by atoms with Crippen molar-refractivity contribution in [2.45, 2.75) is 52.2 Å². The molecular formula is C15H24N2O3. The SMILES string of the molecule is CC(C)Oc1ncccc1CNCCCCCC(=O)O. The van der Waals surface area contributed by atoms with Crippen LogP contribution < -0.4 is 10.1 Å². The van der Waals surface area contributed by atoms with Crippen LogP contribution in [0.15, 0.2) is 18.3 Å². The standard InChI is InChI=1S/C15H24N2O3/c1-12(2)20-15-13(7-6-10-17-15)11-16-9-5-3-4-8-14(18)19/h6-7,10,12,16H,3-5,8-9,11H2,1-2H3,(H,18,19). The maximum absolute atomic E-state index is 10.4. The van der Waals surface area contributed by atoms with Crippen LogP contribution >= 0.6 is 0 Å². The molecule has 0 saturated carbocycles. The Balaban J connectivity index is 2.23. The van der Waals surface area contributed by atoms with Gasteiger partial charge in [-0.15, -0.1) is 0 Å². The van der Waals surface area contributed by atoms with Crippen molar-refractivity contribution < 1.29 is 14.6 Å². The lowest BCUT2D eigenvalue weighted by molar-refractivity contribution is -0.137. The smallest absolute Gasteiger partial charge is 0.303 e. The molecule has 1 aromatic heterocycles. The van der Waals surface area contributed by atoms with Crippen LogP contribution in [-0.2, 0) is 11.3 Å². The van der Waals surface area contributed by atoms with Crippen LogP contribution in [0, 0.1) is 0 Å². The molecule has 112 valence electrons. The van der Waals surface area contributed by atoms with Gasteiger partial charge in [0.1, 0.15) is 0 Å². The highest BCUT2D eigenvalue weighted by Crippen LogP contribution is 2.15. The number of rotatable bonds is 10. The number of pyridine rings is 1. The van der Waals surface area contributed by atoms with Crippen molar-refractivity contribution in [2.75, 3.05) is 6.54 Å². The van der Waals surface area contributed by atoms with Crippen LogP contribution in [0.1, 0.15) is 45.1 Å². The predicted molar refractivity (Wildman–Crippen MR) is 77.8 cm³/mol. The average molecular weight is 280 g/mol. The zero-order chi connectivity index (χ0) is 14.8. The molecule has 0 atom stereocenters.